The van der Waals surface area contributed by atoms with E-state index in [1.807, 2.05) is 13.8 Å². The van der Waals surface area contributed by atoms with Crippen molar-refractivity contribution < 1.29 is 31.6 Å². The molecule has 3 N–H and O–H groups in total. The van der Waals surface area contributed by atoms with Gasteiger partial charge in [0, 0.05) is 29.8 Å². The van der Waals surface area contributed by atoms with Crippen LogP contribution in [0.25, 0.3) is 21.9 Å². The van der Waals surface area contributed by atoms with E-state index in [1.54, 1.807) is 19.1 Å². The normalized spacial score (nSPS) is 20.4. The Balaban J connectivity index is 1.44. The highest BCUT2D eigenvalue weighted by Crippen LogP contribution is 2.64. The van der Waals surface area contributed by atoms with Crippen LogP contribution in [0.5, 0.6) is 0 Å². The van der Waals surface area contributed by atoms with Crippen LogP contribution in [0.15, 0.2) is 34.7 Å². The summed E-state index contributed by atoms with van der Waals surface area (Å²) in [6.07, 6.45) is 0.131. The molecule has 0 unspecified atom stereocenters. The second kappa shape index (κ2) is 12.2. The molecule has 3 aromatic heterocycles. The Kier molecular flexibility index (Phi) is 8.47. The molecule has 7 rings (SSSR count). The third-order valence-electron chi connectivity index (χ3n) is 8.98. The molecular weight excluding hydrogens is 622 g/mol. The number of carbonyl (C=O) groups excluding carboxylic acids is 2. The van der Waals surface area contributed by atoms with Crippen LogP contribution in [-0.4, -0.2) is 33.4 Å². The van der Waals surface area contributed by atoms with Gasteiger partial charge in [0.15, 0.2) is 11.6 Å². The Morgan fingerprint density at radius 1 is 1.07 bits per heavy atom. The first kappa shape index (κ1) is 31.8. The lowest BCUT2D eigenvalue weighted by atomic mass is 9.66. The van der Waals surface area contributed by atoms with Crippen molar-refractivity contribution in [3.05, 3.63) is 75.2 Å². The van der Waals surface area contributed by atoms with Crippen molar-refractivity contribution in [1.82, 2.24) is 20.5 Å². The number of carbonyl (C=O) groups is 2. The summed E-state index contributed by atoms with van der Waals surface area (Å²) in [5, 5.41) is 11.0. The Morgan fingerprint density at radius 3 is 2.43 bits per heavy atom. The summed E-state index contributed by atoms with van der Waals surface area (Å²) in [6, 6.07) is 6.66. The Bertz CT molecular complexity index is 1810. The lowest BCUT2D eigenvalue weighted by molar-refractivity contribution is 0.0547. The van der Waals surface area contributed by atoms with Crippen LogP contribution in [0.2, 0.25) is 0 Å². The second-order valence-electron chi connectivity index (χ2n) is 12.9. The maximum atomic E-state index is 13.8. The van der Waals surface area contributed by atoms with Crippen molar-refractivity contribution in [3.8, 4) is 21.9 Å². The fourth-order valence-electron chi connectivity index (χ4n) is 7.06. The van der Waals surface area contributed by atoms with E-state index >= 15 is 0 Å². The molecule has 8 nitrogen and oxygen atoms in total. The van der Waals surface area contributed by atoms with Crippen LogP contribution >= 0.6 is 11.3 Å². The molecule has 0 radical (unpaired) electrons. The fourth-order valence-corrected chi connectivity index (χ4v) is 8.04. The van der Waals surface area contributed by atoms with Gasteiger partial charge >= 0.3 is 0 Å². The minimum atomic E-state index is -2.39. The molecule has 2 bridgehead atoms. The number of nitrogens with two attached hydrogens (primary N) is 1. The summed E-state index contributed by atoms with van der Waals surface area (Å²) in [4.78, 5) is 32.1. The molecule has 3 heterocycles. The van der Waals surface area contributed by atoms with Gasteiger partial charge in [0.2, 0.25) is 18.2 Å². The minimum absolute atomic E-state index is 0.0293. The van der Waals surface area contributed by atoms with Gasteiger partial charge in [-0.3, -0.25) is 14.6 Å². The molecule has 3 aliphatic rings. The molecule has 1 aromatic carbocycles. The van der Waals surface area contributed by atoms with E-state index in [0.29, 0.717) is 69.9 Å². The number of nitrogens with zero attached hydrogens (tertiary/aromatic N) is 3. The number of fused-ring (bicyclic) bond motifs is 1. The van der Waals surface area contributed by atoms with Gasteiger partial charge in [-0.05, 0) is 79.2 Å². The second-order valence-corrected chi connectivity index (χ2v) is 13.9. The van der Waals surface area contributed by atoms with Gasteiger partial charge < -0.3 is 15.5 Å². The summed E-state index contributed by atoms with van der Waals surface area (Å²) < 4.78 is 60.5. The number of rotatable bonds is 11. The molecule has 1 atom stereocenters. The zero-order valence-corrected chi connectivity index (χ0v) is 26.3. The molecule has 3 saturated carbocycles. The maximum Gasteiger partial charge on any atom is 0.261 e. The summed E-state index contributed by atoms with van der Waals surface area (Å²) >= 11 is 1.10. The monoisotopic (exact) mass is 655 g/mol. The zero-order valence-electron chi connectivity index (χ0n) is 25.5. The highest BCUT2D eigenvalue weighted by atomic mass is 32.1. The molecule has 0 spiro atoms. The first-order valence-electron chi connectivity index (χ1n) is 15.1. The van der Waals surface area contributed by atoms with Gasteiger partial charge in [0.1, 0.15) is 0 Å². The molecule has 3 fully saturated rings. The van der Waals surface area contributed by atoms with Gasteiger partial charge in [-0.2, -0.15) is 0 Å². The maximum absolute atomic E-state index is 13.8. The molecule has 0 aliphatic heterocycles. The van der Waals surface area contributed by atoms with Crippen LogP contribution in [-0.2, 0) is 19.4 Å². The first-order chi connectivity index (χ1) is 21.8. The number of pyridine rings is 1. The van der Waals surface area contributed by atoms with Crippen molar-refractivity contribution in [2.45, 2.75) is 65.8 Å². The smallest absolute Gasteiger partial charge is 0.261 e. The van der Waals surface area contributed by atoms with E-state index in [1.165, 1.54) is 6.07 Å². The zero-order chi connectivity index (χ0) is 32.9. The molecule has 2 amide bonds. The highest BCUT2D eigenvalue weighted by molar-refractivity contribution is 7.17. The number of thiophene rings is 1. The molecule has 242 valence electrons. The number of hydrogen-bond donors (Lipinski definition) is 2. The summed E-state index contributed by atoms with van der Waals surface area (Å²) in [7, 11) is 0. The largest absolute Gasteiger partial charge is 0.421 e. The van der Waals surface area contributed by atoms with E-state index in [-0.39, 0.29) is 41.1 Å². The van der Waals surface area contributed by atoms with Crippen molar-refractivity contribution >= 4 is 23.2 Å². The Hall–Kier alpha value is -4.13. The number of amides is 2. The number of hydrogen-bond acceptors (Lipinski definition) is 7. The third-order valence-corrected chi connectivity index (χ3v) is 10.1. The predicted octanol–water partition coefficient (Wildman–Crippen LogP) is 6.90. The lowest BCUT2D eigenvalue weighted by Crippen LogP contribution is -2.32. The fraction of sp³-hybridized carbons (Fsp3) is 0.424. The van der Waals surface area contributed by atoms with E-state index in [9.17, 15) is 27.2 Å². The van der Waals surface area contributed by atoms with Crippen LogP contribution in [0.4, 0.5) is 17.6 Å². The standard InChI is InChI=1S/C33H33F4N5O3S/c1-15(2)8-22-26(30(38)43)28(24-6-7-25(46-24)31(44)39-14-17-4-5-20(34)21(35)9-17)27(32-42-41-16(3)45-32)23(40-22)13-33-10-18(11-33)19(12-33)29(36)37/h4-7,9,15,18-19,29H,8,10-14H2,1-3H3,(H2,38,43)(H,39,44)/t18?,19-,33?/m0/s1. The van der Waals surface area contributed by atoms with Crippen LogP contribution in [0.3, 0.4) is 0 Å². The van der Waals surface area contributed by atoms with Crippen LogP contribution in [0, 0.1) is 41.7 Å². The molecule has 46 heavy (non-hydrogen) atoms. The van der Waals surface area contributed by atoms with Gasteiger partial charge in [-0.1, -0.05) is 19.9 Å². The number of benzene rings is 1. The van der Waals surface area contributed by atoms with Gasteiger partial charge in [-0.15, -0.1) is 21.5 Å². The van der Waals surface area contributed by atoms with Crippen molar-refractivity contribution in [2.24, 2.45) is 28.9 Å². The quantitative estimate of drug-likeness (QED) is 0.170. The number of aryl methyl sites for hydroxylation is 1. The molecule has 3 aliphatic carbocycles. The van der Waals surface area contributed by atoms with Crippen molar-refractivity contribution in [1.29, 1.82) is 0 Å². The average Bonchev–Trinajstić information content (AvgIpc) is 3.76. The van der Waals surface area contributed by atoms with Crippen molar-refractivity contribution in [2.75, 3.05) is 0 Å². The lowest BCUT2D eigenvalue weighted by Gasteiger charge is -2.39. The number of aromatic nitrogens is 3. The van der Waals surface area contributed by atoms with E-state index in [4.69, 9.17) is 15.1 Å². The van der Waals surface area contributed by atoms with E-state index in [0.717, 1.165) is 23.5 Å². The highest BCUT2D eigenvalue weighted by Gasteiger charge is 2.58. The summed E-state index contributed by atoms with van der Waals surface area (Å²) in [5.74, 6) is -3.37. The predicted molar refractivity (Wildman–Crippen MR) is 163 cm³/mol. The SMILES string of the molecule is Cc1nnc(-c2c(CC34CC(C3)[C@@H](C(F)F)C4)nc(CC(C)C)c(C(N)=O)c2-c2ccc(C(=O)NCc3ccc(F)c(F)c3)s2)o1. The van der Waals surface area contributed by atoms with Gasteiger partial charge in [0.25, 0.3) is 11.8 Å². The number of halogens is 4. The van der Waals surface area contributed by atoms with Crippen LogP contribution < -0.4 is 11.1 Å². The van der Waals surface area contributed by atoms with Gasteiger partial charge in [-0.25, -0.2) is 17.6 Å². The molecule has 4 aromatic rings. The molecule has 13 heteroatoms. The first-order valence-corrected chi connectivity index (χ1v) is 15.9. The topological polar surface area (TPSA) is 124 Å². The molecule has 0 saturated heterocycles. The number of primary amides is 1. The Labute approximate surface area is 266 Å². The van der Waals surface area contributed by atoms with E-state index in [2.05, 4.69) is 15.5 Å². The Morgan fingerprint density at radius 2 is 1.83 bits per heavy atom. The van der Waals surface area contributed by atoms with Gasteiger partial charge in [0.05, 0.1) is 27.4 Å². The average molecular weight is 656 g/mol. The minimum Gasteiger partial charge on any atom is -0.421 e. The summed E-state index contributed by atoms with van der Waals surface area (Å²) in [6.45, 7) is 5.57. The third kappa shape index (κ3) is 6.04. The van der Waals surface area contributed by atoms with Crippen molar-refractivity contribution in [3.63, 3.8) is 0 Å². The molecular formula is C33H33F4N5O3S. The summed E-state index contributed by atoms with van der Waals surface area (Å²) in [5.41, 5.74) is 8.04. The number of alkyl halides is 2. The van der Waals surface area contributed by atoms with E-state index < -0.39 is 35.8 Å². The van der Waals surface area contributed by atoms with Crippen LogP contribution in [0.1, 0.15) is 76.0 Å². The number of nitrogens with one attached hydrogen (secondary N) is 1.